The van der Waals surface area contributed by atoms with Crippen LogP contribution in [0.1, 0.15) is 32.6 Å². The number of hydrogen-bond donors (Lipinski definition) is 1. The van der Waals surface area contributed by atoms with Gasteiger partial charge in [-0.2, -0.15) is 0 Å². The van der Waals surface area contributed by atoms with E-state index < -0.39 is 0 Å². The van der Waals surface area contributed by atoms with Crippen molar-refractivity contribution < 1.29 is 4.79 Å². The lowest BCUT2D eigenvalue weighted by molar-refractivity contribution is -0.122. The molecule has 0 spiro atoms. The molecule has 2 rings (SSSR count). The lowest BCUT2D eigenvalue weighted by atomic mass is 9.81. The highest BCUT2D eigenvalue weighted by Crippen LogP contribution is 2.37. The summed E-state index contributed by atoms with van der Waals surface area (Å²) in [6, 6.07) is 0. The summed E-state index contributed by atoms with van der Waals surface area (Å²) in [6.07, 6.45) is 4.59. The van der Waals surface area contributed by atoms with Gasteiger partial charge in [0.2, 0.25) is 5.91 Å². The summed E-state index contributed by atoms with van der Waals surface area (Å²) in [5.74, 6) is 0.638. The monoisotopic (exact) mass is 139 g/mol. The van der Waals surface area contributed by atoms with Gasteiger partial charge < -0.3 is 5.32 Å². The van der Waals surface area contributed by atoms with Crippen molar-refractivity contribution in [3.63, 3.8) is 0 Å². The van der Waals surface area contributed by atoms with Crippen LogP contribution in [0.2, 0.25) is 0 Å². The topological polar surface area (TPSA) is 29.1 Å². The number of carbonyl (C=O) groups is 1. The maximum absolute atomic E-state index is 11.1. The molecule has 0 aromatic heterocycles. The Balaban J connectivity index is 2.23. The maximum Gasteiger partial charge on any atom is 0.223 e. The van der Waals surface area contributed by atoms with Crippen molar-refractivity contribution in [3.05, 3.63) is 0 Å². The van der Waals surface area contributed by atoms with Crippen LogP contribution >= 0.6 is 0 Å². The van der Waals surface area contributed by atoms with E-state index in [4.69, 9.17) is 0 Å². The van der Waals surface area contributed by atoms with E-state index in [1.54, 1.807) is 0 Å². The highest BCUT2D eigenvalue weighted by molar-refractivity contribution is 5.82. The Bertz CT molecular complexity index is 178. The number of nitrogens with one attached hydrogen (secondary N) is 1. The Hall–Kier alpha value is -0.530. The van der Waals surface area contributed by atoms with Gasteiger partial charge in [0.25, 0.3) is 0 Å². The fourth-order valence-electron chi connectivity index (χ4n) is 2.22. The second kappa shape index (κ2) is 1.74. The van der Waals surface area contributed by atoms with E-state index in [2.05, 4.69) is 12.2 Å². The molecule has 10 heavy (non-hydrogen) atoms. The summed E-state index contributed by atoms with van der Waals surface area (Å²) in [5, 5.41) is 3.05. The molecule has 0 radical (unpaired) electrons. The van der Waals surface area contributed by atoms with Crippen molar-refractivity contribution in [2.24, 2.45) is 5.92 Å². The van der Waals surface area contributed by atoms with Crippen LogP contribution in [0.5, 0.6) is 0 Å². The molecule has 2 heteroatoms. The van der Waals surface area contributed by atoms with Gasteiger partial charge >= 0.3 is 0 Å². The van der Waals surface area contributed by atoms with Crippen LogP contribution in [0.4, 0.5) is 0 Å². The summed E-state index contributed by atoms with van der Waals surface area (Å²) < 4.78 is 0. The Morgan fingerprint density at radius 3 is 3.10 bits per heavy atom. The zero-order valence-corrected chi connectivity index (χ0v) is 6.31. The lowest BCUT2D eigenvalue weighted by Gasteiger charge is -2.26. The molecule has 2 atom stereocenters. The molecule has 0 aromatic rings. The van der Waals surface area contributed by atoms with Crippen molar-refractivity contribution in [3.8, 4) is 0 Å². The molecule has 0 unspecified atom stereocenters. The second-order valence-corrected chi connectivity index (χ2v) is 3.84. The third-order valence-corrected chi connectivity index (χ3v) is 2.77. The normalized spacial score (nSPS) is 45.3. The molecule has 56 valence electrons. The van der Waals surface area contributed by atoms with Gasteiger partial charge in [0.05, 0.1) is 0 Å². The number of carbonyl (C=O) groups excluding carboxylic acids is 1. The minimum absolute atomic E-state index is 0.167. The quantitative estimate of drug-likeness (QED) is 0.534. The zero-order valence-electron chi connectivity index (χ0n) is 6.31. The van der Waals surface area contributed by atoms with Gasteiger partial charge in [0.15, 0.2) is 0 Å². The lowest BCUT2D eigenvalue weighted by Crippen LogP contribution is -2.37. The van der Waals surface area contributed by atoms with Gasteiger partial charge in [-0.25, -0.2) is 0 Å². The minimum Gasteiger partial charge on any atom is -0.351 e. The van der Waals surface area contributed by atoms with Crippen LogP contribution in [0.25, 0.3) is 0 Å². The predicted octanol–water partition coefficient (Wildman–Crippen LogP) is 1.07. The third kappa shape index (κ3) is 0.746. The fraction of sp³-hybridized carbons (Fsp3) is 0.875. The van der Waals surface area contributed by atoms with Crippen LogP contribution in [-0.4, -0.2) is 11.4 Å². The number of fused-ring (bicyclic) bond motifs is 2. The smallest absolute Gasteiger partial charge is 0.223 e. The predicted molar refractivity (Wildman–Crippen MR) is 38.5 cm³/mol. The van der Waals surface area contributed by atoms with E-state index in [1.807, 2.05) is 0 Å². The standard InChI is InChI=1S/C8H13NO/c1-8-4-2-3-6(5-8)7(10)9-8/h6H,2-5H2,1H3,(H,9,10)/t6-,8+/m0/s1. The van der Waals surface area contributed by atoms with Gasteiger partial charge in [-0.1, -0.05) is 6.42 Å². The van der Waals surface area contributed by atoms with Crippen molar-refractivity contribution in [2.75, 3.05) is 0 Å². The second-order valence-electron chi connectivity index (χ2n) is 3.84. The first-order valence-corrected chi connectivity index (χ1v) is 4.02. The van der Waals surface area contributed by atoms with Gasteiger partial charge in [0.1, 0.15) is 0 Å². The molecule has 1 saturated heterocycles. The van der Waals surface area contributed by atoms with Crippen LogP contribution < -0.4 is 5.32 Å². The first-order valence-electron chi connectivity index (χ1n) is 4.02. The molecule has 2 bridgehead atoms. The zero-order chi connectivity index (χ0) is 7.19. The van der Waals surface area contributed by atoms with Crippen LogP contribution in [0.3, 0.4) is 0 Å². The highest BCUT2D eigenvalue weighted by Gasteiger charge is 2.43. The fourth-order valence-corrected chi connectivity index (χ4v) is 2.22. The Labute approximate surface area is 61.0 Å². The van der Waals surface area contributed by atoms with E-state index in [1.165, 1.54) is 12.8 Å². The van der Waals surface area contributed by atoms with Gasteiger partial charge in [-0.3, -0.25) is 4.79 Å². The number of hydrogen-bond acceptors (Lipinski definition) is 1. The molecule has 2 fully saturated rings. The summed E-state index contributed by atoms with van der Waals surface area (Å²) in [6.45, 7) is 2.16. The van der Waals surface area contributed by atoms with E-state index in [9.17, 15) is 4.79 Å². The Morgan fingerprint density at radius 1 is 1.70 bits per heavy atom. The average Bonchev–Trinajstić information content (AvgIpc) is 2.03. The minimum atomic E-state index is 0.167. The molecule has 1 N–H and O–H groups in total. The first-order chi connectivity index (χ1) is 4.70. The molecule has 1 aliphatic carbocycles. The Kier molecular flexibility index (Phi) is 1.08. The number of rotatable bonds is 0. The summed E-state index contributed by atoms with van der Waals surface area (Å²) >= 11 is 0. The largest absolute Gasteiger partial charge is 0.351 e. The van der Waals surface area contributed by atoms with Crippen LogP contribution in [-0.2, 0) is 4.79 Å². The van der Waals surface area contributed by atoms with Crippen molar-refractivity contribution in [1.29, 1.82) is 0 Å². The van der Waals surface area contributed by atoms with Crippen molar-refractivity contribution in [2.45, 2.75) is 38.1 Å². The van der Waals surface area contributed by atoms with E-state index in [0.717, 1.165) is 12.8 Å². The van der Waals surface area contributed by atoms with Gasteiger partial charge in [-0.15, -0.1) is 0 Å². The summed E-state index contributed by atoms with van der Waals surface area (Å²) in [5.41, 5.74) is 0.167. The molecular weight excluding hydrogens is 126 g/mol. The van der Waals surface area contributed by atoms with Crippen LogP contribution in [0.15, 0.2) is 0 Å². The third-order valence-electron chi connectivity index (χ3n) is 2.77. The summed E-state index contributed by atoms with van der Waals surface area (Å²) in [4.78, 5) is 11.1. The number of amides is 1. The molecule has 0 aromatic carbocycles. The molecule has 1 amide bonds. The molecule has 2 nitrogen and oxygen atoms in total. The van der Waals surface area contributed by atoms with E-state index in [-0.39, 0.29) is 5.54 Å². The first kappa shape index (κ1) is 6.20. The van der Waals surface area contributed by atoms with Gasteiger partial charge in [-0.05, 0) is 26.2 Å². The van der Waals surface area contributed by atoms with Crippen LogP contribution in [0, 0.1) is 5.92 Å². The van der Waals surface area contributed by atoms with E-state index >= 15 is 0 Å². The highest BCUT2D eigenvalue weighted by atomic mass is 16.2. The molecular formula is C8H13NO. The van der Waals surface area contributed by atoms with Crippen molar-refractivity contribution >= 4 is 5.91 Å². The van der Waals surface area contributed by atoms with E-state index in [0.29, 0.717) is 11.8 Å². The van der Waals surface area contributed by atoms with Crippen molar-refractivity contribution in [1.82, 2.24) is 5.32 Å². The SMILES string of the molecule is C[C@@]12CCC[C@@H](C1)C(=O)N2. The molecule has 1 heterocycles. The average molecular weight is 139 g/mol. The summed E-state index contributed by atoms with van der Waals surface area (Å²) in [7, 11) is 0. The molecule has 1 saturated carbocycles. The van der Waals surface area contributed by atoms with Gasteiger partial charge in [0, 0.05) is 11.5 Å². The maximum atomic E-state index is 11.1. The Morgan fingerprint density at radius 2 is 2.50 bits per heavy atom. The molecule has 2 aliphatic rings. The molecule has 1 aliphatic heterocycles.